The third-order valence-electron chi connectivity index (χ3n) is 2.18. The van der Waals surface area contributed by atoms with Crippen molar-refractivity contribution in [2.45, 2.75) is 6.92 Å². The molecule has 0 saturated heterocycles. The Balaban J connectivity index is 3.04. The summed E-state index contributed by atoms with van der Waals surface area (Å²) >= 11 is 5.89. The number of carbonyl (C=O) groups excluding carboxylic acids is 2. The number of carboxylic acid groups (broad SMARTS) is 1. The molecule has 0 saturated carbocycles. The molecule has 0 aromatic carbocycles. The highest BCUT2D eigenvalue weighted by Crippen LogP contribution is 2.17. The molecule has 0 atom stereocenters. The van der Waals surface area contributed by atoms with Gasteiger partial charge in [-0.2, -0.15) is 0 Å². The summed E-state index contributed by atoms with van der Waals surface area (Å²) in [4.78, 5) is 38.3. The largest absolute Gasteiger partial charge is 0.480 e. The smallest absolute Gasteiger partial charge is 0.323 e. The highest BCUT2D eigenvalue weighted by Gasteiger charge is 2.22. The van der Waals surface area contributed by atoms with Gasteiger partial charge in [0.05, 0.1) is 10.6 Å². The van der Waals surface area contributed by atoms with E-state index in [1.807, 2.05) is 0 Å². The van der Waals surface area contributed by atoms with Gasteiger partial charge < -0.3 is 15.7 Å². The van der Waals surface area contributed by atoms with Crippen molar-refractivity contribution in [2.24, 2.45) is 5.73 Å². The SMILES string of the molecule is Cc1cc(Cl)c(C(=O)N(CC(N)=O)CC(=O)O)cn1. The van der Waals surface area contributed by atoms with Crippen LogP contribution in [-0.2, 0) is 9.59 Å². The number of aliphatic carboxylic acids is 1. The molecule has 0 spiro atoms. The zero-order chi connectivity index (χ0) is 14.6. The van der Waals surface area contributed by atoms with Crippen LogP contribution in [0.5, 0.6) is 0 Å². The number of carboxylic acids is 1. The van der Waals surface area contributed by atoms with Crippen molar-refractivity contribution in [3.8, 4) is 0 Å². The Kier molecular flexibility index (Phi) is 4.82. The van der Waals surface area contributed by atoms with E-state index >= 15 is 0 Å². The van der Waals surface area contributed by atoms with E-state index in [2.05, 4.69) is 4.98 Å². The molecule has 0 aliphatic rings. The number of carbonyl (C=O) groups is 3. The van der Waals surface area contributed by atoms with Crippen molar-refractivity contribution in [1.82, 2.24) is 9.88 Å². The van der Waals surface area contributed by atoms with Crippen LogP contribution in [0.4, 0.5) is 0 Å². The summed E-state index contributed by atoms with van der Waals surface area (Å²) in [5.41, 5.74) is 5.61. The van der Waals surface area contributed by atoms with Gasteiger partial charge in [0.15, 0.2) is 0 Å². The number of rotatable bonds is 5. The molecule has 1 aromatic heterocycles. The number of aromatic nitrogens is 1. The molecule has 19 heavy (non-hydrogen) atoms. The molecule has 0 bridgehead atoms. The molecule has 1 aromatic rings. The fraction of sp³-hybridized carbons (Fsp3) is 0.273. The molecule has 0 fully saturated rings. The zero-order valence-corrected chi connectivity index (χ0v) is 10.8. The fourth-order valence-corrected chi connectivity index (χ4v) is 1.69. The summed E-state index contributed by atoms with van der Waals surface area (Å²) in [6, 6.07) is 1.47. The molecule has 0 unspecified atom stereocenters. The van der Waals surface area contributed by atoms with Gasteiger partial charge in [-0.1, -0.05) is 11.6 Å². The van der Waals surface area contributed by atoms with Crippen molar-refractivity contribution in [3.63, 3.8) is 0 Å². The van der Waals surface area contributed by atoms with E-state index < -0.39 is 30.9 Å². The van der Waals surface area contributed by atoms with Gasteiger partial charge in [-0.25, -0.2) is 0 Å². The average Bonchev–Trinajstić information content (AvgIpc) is 2.26. The minimum absolute atomic E-state index is 0.0229. The Hall–Kier alpha value is -2.15. The standard InChI is InChI=1S/C11H12ClN3O4/c1-6-2-8(12)7(3-14-6)11(19)15(4-9(13)16)5-10(17)18/h2-3H,4-5H2,1H3,(H2,13,16)(H,17,18). The number of halogens is 1. The van der Waals surface area contributed by atoms with Gasteiger partial charge in [0.2, 0.25) is 5.91 Å². The van der Waals surface area contributed by atoms with Gasteiger partial charge >= 0.3 is 5.97 Å². The normalized spacial score (nSPS) is 10.0. The van der Waals surface area contributed by atoms with Crippen LogP contribution in [0.15, 0.2) is 12.3 Å². The van der Waals surface area contributed by atoms with Crippen LogP contribution >= 0.6 is 11.6 Å². The van der Waals surface area contributed by atoms with Gasteiger partial charge in [-0.15, -0.1) is 0 Å². The summed E-state index contributed by atoms with van der Waals surface area (Å²) in [5, 5.41) is 8.85. The monoisotopic (exact) mass is 285 g/mol. The van der Waals surface area contributed by atoms with Crippen molar-refractivity contribution in [2.75, 3.05) is 13.1 Å². The molecule has 3 N–H and O–H groups in total. The molecule has 7 nitrogen and oxygen atoms in total. The van der Waals surface area contributed by atoms with Crippen molar-refractivity contribution in [1.29, 1.82) is 0 Å². The lowest BCUT2D eigenvalue weighted by molar-refractivity contribution is -0.138. The van der Waals surface area contributed by atoms with E-state index in [1.165, 1.54) is 12.3 Å². The Morgan fingerprint density at radius 3 is 2.53 bits per heavy atom. The van der Waals surface area contributed by atoms with E-state index in [9.17, 15) is 14.4 Å². The quantitative estimate of drug-likeness (QED) is 0.794. The molecule has 0 aliphatic heterocycles. The topological polar surface area (TPSA) is 114 Å². The number of primary amides is 1. The zero-order valence-electron chi connectivity index (χ0n) is 10.1. The second kappa shape index (κ2) is 6.14. The number of hydrogen-bond acceptors (Lipinski definition) is 4. The maximum atomic E-state index is 12.1. The first-order valence-corrected chi connectivity index (χ1v) is 5.60. The first kappa shape index (κ1) is 14.9. The number of pyridine rings is 1. The third kappa shape index (κ3) is 4.22. The summed E-state index contributed by atoms with van der Waals surface area (Å²) in [5.74, 6) is -2.78. The fourth-order valence-electron chi connectivity index (χ4n) is 1.41. The van der Waals surface area contributed by atoms with E-state index in [4.69, 9.17) is 22.4 Å². The van der Waals surface area contributed by atoms with Gasteiger partial charge in [-0.05, 0) is 13.0 Å². The number of aryl methyl sites for hydroxylation is 1. The number of amides is 2. The van der Waals surface area contributed by atoms with Crippen molar-refractivity contribution in [3.05, 3.63) is 28.5 Å². The summed E-state index contributed by atoms with van der Waals surface area (Å²) in [6.45, 7) is 0.542. The van der Waals surface area contributed by atoms with Crippen molar-refractivity contribution < 1.29 is 19.5 Å². The Labute approximate surface area is 114 Å². The van der Waals surface area contributed by atoms with Crippen LogP contribution < -0.4 is 5.73 Å². The lowest BCUT2D eigenvalue weighted by atomic mass is 10.2. The third-order valence-corrected chi connectivity index (χ3v) is 2.49. The molecule has 1 heterocycles. The van der Waals surface area contributed by atoms with Gasteiger partial charge in [0.25, 0.3) is 5.91 Å². The molecule has 0 aliphatic carbocycles. The van der Waals surface area contributed by atoms with Gasteiger partial charge in [0.1, 0.15) is 13.1 Å². The summed E-state index contributed by atoms with van der Waals surface area (Å²) < 4.78 is 0. The maximum Gasteiger partial charge on any atom is 0.323 e. The highest BCUT2D eigenvalue weighted by atomic mass is 35.5. The lowest BCUT2D eigenvalue weighted by Crippen LogP contribution is -2.41. The predicted molar refractivity (Wildman–Crippen MR) is 66.7 cm³/mol. The minimum atomic E-state index is -1.26. The molecular weight excluding hydrogens is 274 g/mol. The van der Waals surface area contributed by atoms with E-state index in [1.54, 1.807) is 6.92 Å². The molecule has 102 valence electrons. The predicted octanol–water partition coefficient (Wildman–Crippen LogP) is 0.0555. The molecule has 2 amide bonds. The summed E-state index contributed by atoms with van der Waals surface area (Å²) in [6.07, 6.45) is 1.23. The minimum Gasteiger partial charge on any atom is -0.480 e. The number of nitrogens with zero attached hydrogens (tertiary/aromatic N) is 2. The van der Waals surface area contributed by atoms with E-state index in [-0.39, 0.29) is 10.6 Å². The second-order valence-corrected chi connectivity index (χ2v) is 4.23. The van der Waals surface area contributed by atoms with E-state index in [0.717, 1.165) is 4.90 Å². The maximum absolute atomic E-state index is 12.1. The van der Waals surface area contributed by atoms with Crippen LogP contribution in [-0.4, -0.2) is 45.9 Å². The van der Waals surface area contributed by atoms with Crippen molar-refractivity contribution >= 4 is 29.4 Å². The first-order valence-electron chi connectivity index (χ1n) is 5.22. The number of nitrogens with two attached hydrogens (primary N) is 1. The van der Waals surface area contributed by atoms with Crippen LogP contribution in [0, 0.1) is 6.92 Å². The van der Waals surface area contributed by atoms with Gasteiger partial charge in [0, 0.05) is 11.9 Å². The molecule has 8 heteroatoms. The average molecular weight is 286 g/mol. The Morgan fingerprint density at radius 1 is 1.42 bits per heavy atom. The molecule has 1 rings (SSSR count). The Morgan fingerprint density at radius 2 is 2.05 bits per heavy atom. The van der Waals surface area contributed by atoms with E-state index in [0.29, 0.717) is 5.69 Å². The lowest BCUT2D eigenvalue weighted by Gasteiger charge is -2.19. The molecular formula is C11H12ClN3O4. The first-order chi connectivity index (χ1) is 8.81. The second-order valence-electron chi connectivity index (χ2n) is 3.83. The van der Waals surface area contributed by atoms with Crippen LogP contribution in [0.1, 0.15) is 16.1 Å². The van der Waals surface area contributed by atoms with Crippen LogP contribution in [0.2, 0.25) is 5.02 Å². The van der Waals surface area contributed by atoms with Gasteiger partial charge in [-0.3, -0.25) is 19.4 Å². The van der Waals surface area contributed by atoms with Crippen LogP contribution in [0.25, 0.3) is 0 Å². The number of hydrogen-bond donors (Lipinski definition) is 2. The van der Waals surface area contributed by atoms with Crippen LogP contribution in [0.3, 0.4) is 0 Å². The Bertz CT molecular complexity index is 517. The molecule has 0 radical (unpaired) electrons. The highest BCUT2D eigenvalue weighted by molar-refractivity contribution is 6.33. The summed E-state index contributed by atoms with van der Waals surface area (Å²) in [7, 11) is 0.